The highest BCUT2D eigenvalue weighted by molar-refractivity contribution is 7.99. The van der Waals surface area contributed by atoms with Crippen molar-refractivity contribution < 1.29 is 22.7 Å². The molecule has 0 aliphatic carbocycles. The minimum absolute atomic E-state index is 0.0317. The number of carbonyl (C=O) groups excluding carboxylic acids is 2. The maximum atomic E-state index is 13.2. The van der Waals surface area contributed by atoms with Crippen LogP contribution >= 0.6 is 11.8 Å². The number of methoxy groups -OCH3 is 1. The van der Waals surface area contributed by atoms with E-state index in [9.17, 15) is 18.0 Å². The fourth-order valence-corrected chi connectivity index (χ4v) is 6.62. The Labute approximate surface area is 188 Å². The highest BCUT2D eigenvalue weighted by Crippen LogP contribution is 2.32. The van der Waals surface area contributed by atoms with Crippen LogP contribution in [-0.4, -0.2) is 67.3 Å². The molecule has 0 saturated carbocycles. The fraction of sp³-hybridized carbons (Fsp3) is 0.619. The minimum atomic E-state index is -3.73. The van der Waals surface area contributed by atoms with E-state index in [0.717, 1.165) is 19.3 Å². The van der Waals surface area contributed by atoms with Gasteiger partial charge in [-0.05, 0) is 37.5 Å². The van der Waals surface area contributed by atoms with E-state index in [1.807, 2.05) is 13.8 Å². The molecule has 172 valence electrons. The van der Waals surface area contributed by atoms with Gasteiger partial charge in [-0.15, -0.1) is 11.8 Å². The lowest BCUT2D eigenvalue weighted by atomic mass is 10.1. The normalized spacial score (nSPS) is 21.0. The van der Waals surface area contributed by atoms with Gasteiger partial charge in [0, 0.05) is 30.4 Å². The van der Waals surface area contributed by atoms with Gasteiger partial charge in [-0.1, -0.05) is 20.3 Å². The predicted molar refractivity (Wildman–Crippen MR) is 122 cm³/mol. The zero-order chi connectivity index (χ0) is 22.6. The fourth-order valence-electron chi connectivity index (χ4n) is 3.76. The number of sulfonamides is 1. The third kappa shape index (κ3) is 5.18. The van der Waals surface area contributed by atoms with Crippen molar-refractivity contribution >= 4 is 39.3 Å². The van der Waals surface area contributed by atoms with Gasteiger partial charge in [0.25, 0.3) is 0 Å². The van der Waals surface area contributed by atoms with Gasteiger partial charge in [-0.2, -0.15) is 4.31 Å². The summed E-state index contributed by atoms with van der Waals surface area (Å²) in [6.07, 6.45) is 3.39. The van der Waals surface area contributed by atoms with Gasteiger partial charge in [-0.3, -0.25) is 9.59 Å². The summed E-state index contributed by atoms with van der Waals surface area (Å²) in [6.45, 7) is 4.77. The van der Waals surface area contributed by atoms with Gasteiger partial charge in [0.1, 0.15) is 16.7 Å². The van der Waals surface area contributed by atoms with Crippen LogP contribution in [0.5, 0.6) is 5.75 Å². The van der Waals surface area contributed by atoms with E-state index in [1.54, 1.807) is 17.0 Å². The highest BCUT2D eigenvalue weighted by Gasteiger charge is 2.36. The highest BCUT2D eigenvalue weighted by atomic mass is 32.2. The number of benzene rings is 1. The summed E-state index contributed by atoms with van der Waals surface area (Å²) in [5.41, 5.74) is 0.370. The number of anilines is 1. The number of amides is 2. The Hall–Kier alpha value is -1.78. The Morgan fingerprint density at radius 3 is 2.61 bits per heavy atom. The van der Waals surface area contributed by atoms with Crippen molar-refractivity contribution in [1.29, 1.82) is 0 Å². The second kappa shape index (κ2) is 10.2. The Morgan fingerprint density at radius 1 is 1.26 bits per heavy atom. The van der Waals surface area contributed by atoms with Crippen molar-refractivity contribution in [3.8, 4) is 5.75 Å². The van der Waals surface area contributed by atoms with Gasteiger partial charge in [-0.25, -0.2) is 8.42 Å². The SMILES string of the molecule is CC[C@@H](C)C(=O)N1CSC[C@H]1C(=O)Nc1ccc(OC)c(S(=O)(=O)N2CCCCC2)c1. The first-order valence-electron chi connectivity index (χ1n) is 10.7. The molecule has 31 heavy (non-hydrogen) atoms. The molecule has 0 bridgehead atoms. The monoisotopic (exact) mass is 469 g/mol. The van der Waals surface area contributed by atoms with Gasteiger partial charge in [0.05, 0.1) is 13.0 Å². The van der Waals surface area contributed by atoms with E-state index in [4.69, 9.17) is 4.74 Å². The van der Waals surface area contributed by atoms with E-state index in [-0.39, 0.29) is 28.4 Å². The van der Waals surface area contributed by atoms with Crippen molar-refractivity contribution in [2.24, 2.45) is 5.92 Å². The number of hydrogen-bond acceptors (Lipinski definition) is 6. The zero-order valence-electron chi connectivity index (χ0n) is 18.3. The number of rotatable bonds is 7. The van der Waals surface area contributed by atoms with Crippen LogP contribution in [0.3, 0.4) is 0 Å². The summed E-state index contributed by atoms with van der Waals surface area (Å²) < 4.78 is 33.1. The molecule has 10 heteroatoms. The Kier molecular flexibility index (Phi) is 7.87. The molecule has 2 amide bonds. The Bertz CT molecular complexity index is 916. The van der Waals surface area contributed by atoms with Crippen molar-refractivity contribution in [2.75, 3.05) is 37.1 Å². The lowest BCUT2D eigenvalue weighted by molar-refractivity contribution is -0.139. The van der Waals surface area contributed by atoms with Gasteiger partial charge < -0.3 is 15.0 Å². The first-order chi connectivity index (χ1) is 14.8. The molecule has 0 unspecified atom stereocenters. The smallest absolute Gasteiger partial charge is 0.248 e. The second-order valence-corrected chi connectivity index (χ2v) is 10.9. The molecule has 3 rings (SSSR count). The number of nitrogens with one attached hydrogen (secondary N) is 1. The molecule has 2 aliphatic heterocycles. The van der Waals surface area contributed by atoms with E-state index >= 15 is 0 Å². The third-order valence-corrected chi connectivity index (χ3v) is 8.80. The molecule has 0 radical (unpaired) electrons. The van der Waals surface area contributed by atoms with E-state index in [1.165, 1.54) is 29.2 Å². The molecule has 8 nitrogen and oxygen atoms in total. The average Bonchev–Trinajstić information content (AvgIpc) is 3.28. The Balaban J connectivity index is 1.81. The first kappa shape index (κ1) is 23.9. The van der Waals surface area contributed by atoms with Crippen LogP contribution in [0.25, 0.3) is 0 Å². The van der Waals surface area contributed by atoms with Gasteiger partial charge in [0.15, 0.2) is 0 Å². The lowest BCUT2D eigenvalue weighted by Gasteiger charge is -2.27. The molecular formula is C21H31N3O5S2. The standard InChI is InChI=1S/C21H31N3O5S2/c1-4-15(2)21(26)24-14-30-13-17(24)20(25)22-16-8-9-18(29-3)19(12-16)31(27,28)23-10-6-5-7-11-23/h8-9,12,15,17H,4-7,10-11,13-14H2,1-3H3,(H,22,25)/t15-,17+/m1/s1. The van der Waals surface area contributed by atoms with E-state index < -0.39 is 16.1 Å². The molecule has 2 fully saturated rings. The lowest BCUT2D eigenvalue weighted by Crippen LogP contribution is -2.46. The number of hydrogen-bond donors (Lipinski definition) is 1. The summed E-state index contributed by atoms with van der Waals surface area (Å²) in [6, 6.07) is 4.05. The summed E-state index contributed by atoms with van der Waals surface area (Å²) in [7, 11) is -2.31. The van der Waals surface area contributed by atoms with Crippen molar-refractivity contribution in [3.05, 3.63) is 18.2 Å². The minimum Gasteiger partial charge on any atom is -0.495 e. The summed E-state index contributed by atoms with van der Waals surface area (Å²) in [5, 5.41) is 2.81. The largest absolute Gasteiger partial charge is 0.495 e. The van der Waals surface area contributed by atoms with Crippen LogP contribution in [0.1, 0.15) is 39.5 Å². The Morgan fingerprint density at radius 2 is 1.97 bits per heavy atom. The number of nitrogens with zero attached hydrogens (tertiary/aromatic N) is 2. The number of thioether (sulfide) groups is 1. The molecule has 1 N–H and O–H groups in total. The van der Waals surface area contributed by atoms with Crippen molar-refractivity contribution in [2.45, 2.75) is 50.5 Å². The molecule has 1 aromatic carbocycles. The number of ether oxygens (including phenoxy) is 1. The van der Waals surface area contributed by atoms with Crippen LogP contribution in [0, 0.1) is 5.92 Å². The third-order valence-electron chi connectivity index (χ3n) is 5.87. The average molecular weight is 470 g/mol. The van der Waals surface area contributed by atoms with Gasteiger partial charge in [0.2, 0.25) is 21.8 Å². The van der Waals surface area contributed by atoms with Crippen molar-refractivity contribution in [1.82, 2.24) is 9.21 Å². The molecule has 2 saturated heterocycles. The molecule has 0 aromatic heterocycles. The molecule has 0 spiro atoms. The number of carbonyl (C=O) groups is 2. The van der Waals surface area contributed by atoms with E-state index in [2.05, 4.69) is 5.32 Å². The van der Waals surface area contributed by atoms with E-state index in [0.29, 0.717) is 36.8 Å². The molecule has 2 aliphatic rings. The topological polar surface area (TPSA) is 96.0 Å². The van der Waals surface area contributed by atoms with Crippen LogP contribution in [-0.2, 0) is 19.6 Å². The van der Waals surface area contributed by atoms with Crippen LogP contribution in [0.2, 0.25) is 0 Å². The number of piperidine rings is 1. The van der Waals surface area contributed by atoms with Crippen molar-refractivity contribution in [3.63, 3.8) is 0 Å². The maximum absolute atomic E-state index is 13.2. The quantitative estimate of drug-likeness (QED) is 0.660. The van der Waals surface area contributed by atoms with Crippen LogP contribution in [0.15, 0.2) is 23.1 Å². The second-order valence-electron chi connectivity index (χ2n) is 7.95. The van der Waals surface area contributed by atoms with Crippen LogP contribution < -0.4 is 10.1 Å². The molecular weight excluding hydrogens is 438 g/mol. The summed E-state index contributed by atoms with van der Waals surface area (Å²) >= 11 is 1.54. The zero-order valence-corrected chi connectivity index (χ0v) is 19.9. The first-order valence-corrected chi connectivity index (χ1v) is 13.3. The molecule has 1 aromatic rings. The summed E-state index contributed by atoms with van der Waals surface area (Å²) in [5.74, 6) is 0.760. The molecule has 2 atom stereocenters. The van der Waals surface area contributed by atoms with Gasteiger partial charge >= 0.3 is 0 Å². The maximum Gasteiger partial charge on any atom is 0.248 e. The molecule has 2 heterocycles. The summed E-state index contributed by atoms with van der Waals surface area (Å²) in [4.78, 5) is 27.2. The predicted octanol–water partition coefficient (Wildman–Crippen LogP) is 2.76. The van der Waals surface area contributed by atoms with Crippen LogP contribution in [0.4, 0.5) is 5.69 Å².